The molecule has 2 aliphatic rings. The molecule has 3 unspecified atom stereocenters. The predicted octanol–water partition coefficient (Wildman–Crippen LogP) is 4.20. The van der Waals surface area contributed by atoms with E-state index in [2.05, 4.69) is 22.3 Å². The van der Waals surface area contributed by atoms with Gasteiger partial charge in [0.1, 0.15) is 11.6 Å². The van der Waals surface area contributed by atoms with Gasteiger partial charge in [0.05, 0.1) is 17.7 Å². The zero-order chi connectivity index (χ0) is 23.7. The van der Waals surface area contributed by atoms with E-state index in [-0.39, 0.29) is 23.6 Å². The molecule has 2 saturated heterocycles. The molecule has 2 aromatic carbocycles. The summed E-state index contributed by atoms with van der Waals surface area (Å²) in [6, 6.07) is 13.1. The second-order valence-corrected chi connectivity index (χ2v) is 9.36. The van der Waals surface area contributed by atoms with Crippen LogP contribution >= 0.6 is 0 Å². The molecule has 2 fully saturated rings. The number of carbonyl (C=O) groups is 1. The third-order valence-electron chi connectivity index (χ3n) is 7.01. The van der Waals surface area contributed by atoms with Gasteiger partial charge in [0.25, 0.3) is 0 Å². The Kier molecular flexibility index (Phi) is 6.24. The van der Waals surface area contributed by atoms with Crippen LogP contribution in [0.1, 0.15) is 24.8 Å². The van der Waals surface area contributed by atoms with Crippen molar-refractivity contribution in [2.75, 3.05) is 31.2 Å². The molecule has 1 aromatic heterocycles. The van der Waals surface area contributed by atoms with E-state index in [0.717, 1.165) is 48.1 Å². The molecule has 3 heterocycles. The molecule has 3 atom stereocenters. The highest BCUT2D eigenvalue weighted by Crippen LogP contribution is 2.35. The van der Waals surface area contributed by atoms with E-state index >= 15 is 0 Å². The highest BCUT2D eigenvalue weighted by molar-refractivity contribution is 5.92. The van der Waals surface area contributed by atoms with Gasteiger partial charge < -0.3 is 25.2 Å². The minimum absolute atomic E-state index is 0.143. The first kappa shape index (κ1) is 22.4. The third kappa shape index (κ3) is 4.50. The van der Waals surface area contributed by atoms with Crippen LogP contribution in [0.25, 0.3) is 22.3 Å². The topological polar surface area (TPSA) is 108 Å². The molecule has 0 bridgehead atoms. The largest absolute Gasteiger partial charge is 0.507 e. The fraction of sp³-hybridized carbons (Fsp3) is 0.423. The number of amides is 1. The Morgan fingerprint density at radius 1 is 1.18 bits per heavy atom. The minimum atomic E-state index is -0.987. The maximum Gasteiger partial charge on any atom is 0.404 e. The Morgan fingerprint density at radius 3 is 2.79 bits per heavy atom. The van der Waals surface area contributed by atoms with E-state index in [1.807, 2.05) is 25.1 Å². The molecule has 0 saturated carbocycles. The van der Waals surface area contributed by atoms with Gasteiger partial charge >= 0.3 is 6.09 Å². The van der Waals surface area contributed by atoms with Crippen LogP contribution in [0.15, 0.2) is 42.5 Å². The molecule has 3 N–H and O–H groups in total. The standard InChI is InChI=1S/C26H30N4O4/c1-16-8-9-19-21(13-16)27-24(20-6-2-3-7-22(20)31)29-25(19)30-11-4-5-17(14-30)23(28-26(32)33)18-10-12-34-15-18/h2-3,6-9,13,17-18,23,28,31H,4-5,10-12,14-15H2,1H3,(H,32,33). The molecule has 0 spiro atoms. The number of aromatic hydroxyl groups is 1. The molecule has 178 valence electrons. The van der Waals surface area contributed by atoms with Crippen LogP contribution in [0, 0.1) is 18.8 Å². The summed E-state index contributed by atoms with van der Waals surface area (Å²) in [6.07, 6.45) is 1.78. The monoisotopic (exact) mass is 462 g/mol. The van der Waals surface area contributed by atoms with E-state index in [9.17, 15) is 15.0 Å². The molecule has 0 aliphatic carbocycles. The van der Waals surface area contributed by atoms with Gasteiger partial charge in [-0.15, -0.1) is 0 Å². The summed E-state index contributed by atoms with van der Waals surface area (Å²) < 4.78 is 5.58. The number of piperidine rings is 1. The maximum absolute atomic E-state index is 11.6. The number of anilines is 1. The molecule has 3 aromatic rings. The number of phenols is 1. The average Bonchev–Trinajstić information content (AvgIpc) is 3.36. The molecule has 1 amide bonds. The molecule has 8 nitrogen and oxygen atoms in total. The van der Waals surface area contributed by atoms with Gasteiger partial charge in [-0.05, 0) is 61.9 Å². The highest BCUT2D eigenvalue weighted by Gasteiger charge is 2.36. The molecule has 8 heteroatoms. The highest BCUT2D eigenvalue weighted by atomic mass is 16.5. The van der Waals surface area contributed by atoms with Crippen molar-refractivity contribution in [1.29, 1.82) is 0 Å². The Hall–Kier alpha value is -3.39. The van der Waals surface area contributed by atoms with E-state index in [1.165, 1.54) is 0 Å². The van der Waals surface area contributed by atoms with Crippen LogP contribution in [0.2, 0.25) is 0 Å². The first-order chi connectivity index (χ1) is 16.5. The van der Waals surface area contributed by atoms with Gasteiger partial charge in [-0.25, -0.2) is 14.8 Å². The number of aryl methyl sites for hydroxylation is 1. The number of nitrogens with one attached hydrogen (secondary N) is 1. The van der Waals surface area contributed by atoms with E-state index < -0.39 is 6.09 Å². The first-order valence-electron chi connectivity index (χ1n) is 11.9. The summed E-state index contributed by atoms with van der Waals surface area (Å²) >= 11 is 0. The number of aromatic nitrogens is 2. The molecular formula is C26H30N4O4. The number of fused-ring (bicyclic) bond motifs is 1. The van der Waals surface area contributed by atoms with Crippen LogP contribution in [0.4, 0.5) is 10.6 Å². The number of rotatable bonds is 5. The number of nitrogens with zero attached hydrogens (tertiary/aromatic N) is 3. The summed E-state index contributed by atoms with van der Waals surface area (Å²) in [5.41, 5.74) is 2.52. The quantitative estimate of drug-likeness (QED) is 0.521. The molecule has 2 aliphatic heterocycles. The summed E-state index contributed by atoms with van der Waals surface area (Å²) in [6.45, 7) is 4.83. The van der Waals surface area contributed by atoms with Crippen molar-refractivity contribution in [3.8, 4) is 17.1 Å². The number of ether oxygens (including phenoxy) is 1. The van der Waals surface area contributed by atoms with Gasteiger partial charge in [-0.2, -0.15) is 0 Å². The Morgan fingerprint density at radius 2 is 2.03 bits per heavy atom. The molecule has 34 heavy (non-hydrogen) atoms. The van der Waals surface area contributed by atoms with Crippen molar-refractivity contribution in [2.24, 2.45) is 11.8 Å². The lowest BCUT2D eigenvalue weighted by molar-refractivity contribution is 0.147. The van der Waals surface area contributed by atoms with Crippen LogP contribution in [0.5, 0.6) is 5.75 Å². The number of carboxylic acid groups (broad SMARTS) is 1. The van der Waals surface area contributed by atoms with E-state index in [0.29, 0.717) is 31.1 Å². The van der Waals surface area contributed by atoms with Crippen molar-refractivity contribution >= 4 is 22.8 Å². The van der Waals surface area contributed by atoms with Crippen molar-refractivity contribution in [3.05, 3.63) is 48.0 Å². The normalized spacial score (nSPS) is 21.5. The van der Waals surface area contributed by atoms with Gasteiger partial charge in [0.2, 0.25) is 0 Å². The lowest BCUT2D eigenvalue weighted by atomic mass is 9.82. The smallest absolute Gasteiger partial charge is 0.404 e. The van der Waals surface area contributed by atoms with Crippen LogP contribution in [0.3, 0.4) is 0 Å². The first-order valence-corrected chi connectivity index (χ1v) is 11.9. The zero-order valence-electron chi connectivity index (χ0n) is 19.3. The van der Waals surface area contributed by atoms with Crippen LogP contribution in [-0.4, -0.2) is 58.6 Å². The number of para-hydroxylation sites is 1. The number of phenolic OH excluding ortho intramolecular Hbond substituents is 1. The lowest BCUT2D eigenvalue weighted by Gasteiger charge is -2.39. The second kappa shape index (κ2) is 9.46. The summed E-state index contributed by atoms with van der Waals surface area (Å²) in [5.74, 6) is 1.79. The SMILES string of the molecule is Cc1ccc2c(N3CCCC(C(NC(=O)O)C4CCOC4)C3)nc(-c3ccccc3O)nc2c1. The van der Waals surface area contributed by atoms with E-state index in [1.54, 1.807) is 12.1 Å². The number of hydrogen-bond donors (Lipinski definition) is 3. The predicted molar refractivity (Wildman–Crippen MR) is 130 cm³/mol. The summed E-state index contributed by atoms with van der Waals surface area (Å²) in [5, 5.41) is 23.7. The zero-order valence-corrected chi connectivity index (χ0v) is 19.3. The molecule has 5 rings (SSSR count). The number of benzene rings is 2. The molecule has 0 radical (unpaired) electrons. The number of hydrogen-bond acceptors (Lipinski definition) is 6. The fourth-order valence-electron chi connectivity index (χ4n) is 5.34. The van der Waals surface area contributed by atoms with E-state index in [4.69, 9.17) is 14.7 Å². The van der Waals surface area contributed by atoms with Gasteiger partial charge in [0, 0.05) is 37.0 Å². The van der Waals surface area contributed by atoms with Crippen molar-refractivity contribution < 1.29 is 19.7 Å². The van der Waals surface area contributed by atoms with Crippen LogP contribution in [-0.2, 0) is 4.74 Å². The van der Waals surface area contributed by atoms with Crippen LogP contribution < -0.4 is 10.2 Å². The van der Waals surface area contributed by atoms with Gasteiger partial charge in [-0.3, -0.25) is 0 Å². The minimum Gasteiger partial charge on any atom is -0.507 e. The fourth-order valence-corrected chi connectivity index (χ4v) is 5.34. The molecular weight excluding hydrogens is 432 g/mol. The van der Waals surface area contributed by atoms with Gasteiger partial charge in [0.15, 0.2) is 5.82 Å². The Balaban J connectivity index is 1.53. The van der Waals surface area contributed by atoms with Gasteiger partial charge in [-0.1, -0.05) is 18.2 Å². The maximum atomic E-state index is 11.6. The average molecular weight is 463 g/mol. The lowest BCUT2D eigenvalue weighted by Crippen LogP contribution is -2.51. The third-order valence-corrected chi connectivity index (χ3v) is 7.01. The van der Waals surface area contributed by atoms with Crippen molar-refractivity contribution in [2.45, 2.75) is 32.2 Å². The Labute approximate surface area is 198 Å². The second-order valence-electron chi connectivity index (χ2n) is 9.36. The Bertz CT molecular complexity index is 1190. The summed E-state index contributed by atoms with van der Waals surface area (Å²) in [4.78, 5) is 23.5. The van der Waals surface area contributed by atoms with Crippen molar-refractivity contribution in [3.63, 3.8) is 0 Å². The van der Waals surface area contributed by atoms with Crippen molar-refractivity contribution in [1.82, 2.24) is 15.3 Å². The summed E-state index contributed by atoms with van der Waals surface area (Å²) in [7, 11) is 0.